The van der Waals surface area contributed by atoms with Crippen LogP contribution in [-0.2, 0) is 9.53 Å². The predicted molar refractivity (Wildman–Crippen MR) is 65.0 cm³/mol. The fraction of sp³-hybridized carbons (Fsp3) is 0.750. The molecule has 0 aliphatic rings. The third kappa shape index (κ3) is 5.37. The Morgan fingerprint density at radius 2 is 1.72 bits per heavy atom. The maximum Gasteiger partial charge on any atom is 0.374 e. The van der Waals surface area contributed by atoms with Crippen molar-refractivity contribution in [2.24, 2.45) is 5.41 Å². The average molecular weight is 262 g/mol. The van der Waals surface area contributed by atoms with Gasteiger partial charge in [0.25, 0.3) is 0 Å². The van der Waals surface area contributed by atoms with Crippen LogP contribution in [0.2, 0.25) is 0 Å². The highest BCUT2D eigenvalue weighted by molar-refractivity contribution is 5.84. The number of aliphatic hydroxyl groups excluding tert-OH is 3. The summed E-state index contributed by atoms with van der Waals surface area (Å²) in [4.78, 5) is 10.7. The van der Waals surface area contributed by atoms with Crippen LogP contribution in [-0.4, -0.2) is 45.7 Å². The zero-order chi connectivity index (χ0) is 14.5. The number of carboxylic acids is 1. The van der Waals surface area contributed by atoms with Crippen LogP contribution in [0.25, 0.3) is 0 Å². The van der Waals surface area contributed by atoms with Gasteiger partial charge in [0.05, 0.1) is 13.2 Å². The second kappa shape index (κ2) is 6.61. The maximum atomic E-state index is 10.7. The zero-order valence-corrected chi connectivity index (χ0v) is 11.2. The number of aliphatic hydroxyl groups is 3. The fourth-order valence-corrected chi connectivity index (χ4v) is 1.36. The highest BCUT2D eigenvalue weighted by Gasteiger charge is 2.28. The summed E-state index contributed by atoms with van der Waals surface area (Å²) in [7, 11) is 1.06. The van der Waals surface area contributed by atoms with Gasteiger partial charge in [-0.05, 0) is 18.3 Å². The van der Waals surface area contributed by atoms with E-state index >= 15 is 0 Å². The van der Waals surface area contributed by atoms with Crippen LogP contribution < -0.4 is 0 Å². The van der Waals surface area contributed by atoms with Gasteiger partial charge in [-0.25, -0.2) is 4.79 Å². The van der Waals surface area contributed by atoms with Gasteiger partial charge in [0, 0.05) is 0 Å². The molecule has 0 amide bonds. The van der Waals surface area contributed by atoms with Crippen LogP contribution in [0.15, 0.2) is 11.5 Å². The van der Waals surface area contributed by atoms with Crippen molar-refractivity contribution in [2.75, 3.05) is 7.11 Å². The van der Waals surface area contributed by atoms with Crippen molar-refractivity contribution < 1.29 is 30.0 Å². The number of hydrogen-bond acceptors (Lipinski definition) is 5. The summed E-state index contributed by atoms with van der Waals surface area (Å²) in [5.74, 6) is -3.14. The molecule has 0 unspecified atom stereocenters. The molecule has 0 saturated heterocycles. The molecule has 0 aromatic heterocycles. The van der Waals surface area contributed by atoms with Crippen molar-refractivity contribution in [3.63, 3.8) is 0 Å². The molecule has 0 aliphatic carbocycles. The lowest BCUT2D eigenvalue weighted by atomic mass is 9.88. The molecule has 0 spiro atoms. The molecule has 0 bridgehead atoms. The standard InChI is InChI=1S/C12H22O6/c1-12(2,3)6-5-7(13)8(14)9(15)10(18-4)11(16)17/h7-8,13-15H,5-6H2,1-4H3,(H,16,17)/b10-9+/t7-,8+/m1/s1. The van der Waals surface area contributed by atoms with Gasteiger partial charge in [0.1, 0.15) is 6.10 Å². The first-order valence-electron chi connectivity index (χ1n) is 5.66. The lowest BCUT2D eigenvalue weighted by Crippen LogP contribution is -2.31. The second-order valence-electron chi connectivity index (χ2n) is 5.34. The van der Waals surface area contributed by atoms with Crippen LogP contribution in [0.3, 0.4) is 0 Å². The van der Waals surface area contributed by atoms with E-state index in [-0.39, 0.29) is 11.8 Å². The van der Waals surface area contributed by atoms with E-state index in [2.05, 4.69) is 4.74 Å². The molecule has 0 aromatic rings. The lowest BCUT2D eigenvalue weighted by Gasteiger charge is -2.23. The van der Waals surface area contributed by atoms with Crippen LogP contribution in [0.4, 0.5) is 0 Å². The summed E-state index contributed by atoms with van der Waals surface area (Å²) in [6.07, 6.45) is -2.05. The smallest absolute Gasteiger partial charge is 0.374 e. The second-order valence-corrected chi connectivity index (χ2v) is 5.34. The minimum absolute atomic E-state index is 0.0308. The molecule has 0 radical (unpaired) electrons. The first kappa shape index (κ1) is 16.7. The van der Waals surface area contributed by atoms with Crippen LogP contribution >= 0.6 is 0 Å². The van der Waals surface area contributed by atoms with E-state index in [4.69, 9.17) is 5.11 Å². The molecule has 0 rings (SSSR count). The highest BCUT2D eigenvalue weighted by Crippen LogP contribution is 2.23. The Bertz CT molecular complexity index is 315. The number of ether oxygens (including phenoxy) is 1. The van der Waals surface area contributed by atoms with Crippen LogP contribution in [0, 0.1) is 5.41 Å². The Morgan fingerprint density at radius 3 is 2.06 bits per heavy atom. The minimum Gasteiger partial charge on any atom is -0.506 e. The maximum absolute atomic E-state index is 10.7. The third-order valence-electron chi connectivity index (χ3n) is 2.47. The van der Waals surface area contributed by atoms with Gasteiger partial charge in [-0.15, -0.1) is 0 Å². The first-order chi connectivity index (χ1) is 8.10. The molecule has 18 heavy (non-hydrogen) atoms. The Labute approximate surface area is 107 Å². The van der Waals surface area contributed by atoms with Crippen molar-refractivity contribution in [1.29, 1.82) is 0 Å². The van der Waals surface area contributed by atoms with Gasteiger partial charge in [0.15, 0.2) is 5.76 Å². The average Bonchev–Trinajstić information content (AvgIpc) is 2.24. The van der Waals surface area contributed by atoms with E-state index in [0.29, 0.717) is 6.42 Å². The molecule has 6 heteroatoms. The van der Waals surface area contributed by atoms with E-state index in [1.165, 1.54) is 0 Å². The molecule has 0 aromatic carbocycles. The molecule has 0 aliphatic heterocycles. The van der Waals surface area contributed by atoms with Crippen molar-refractivity contribution in [3.05, 3.63) is 11.5 Å². The molecule has 106 valence electrons. The van der Waals surface area contributed by atoms with Crippen LogP contribution in [0.1, 0.15) is 33.6 Å². The summed E-state index contributed by atoms with van der Waals surface area (Å²) < 4.78 is 4.45. The fourth-order valence-electron chi connectivity index (χ4n) is 1.36. The number of carboxylic acid groups (broad SMARTS) is 1. The van der Waals surface area contributed by atoms with Crippen molar-refractivity contribution in [1.82, 2.24) is 0 Å². The Hall–Kier alpha value is -1.27. The van der Waals surface area contributed by atoms with Gasteiger partial charge >= 0.3 is 5.97 Å². The number of hydrogen-bond donors (Lipinski definition) is 4. The third-order valence-corrected chi connectivity index (χ3v) is 2.47. The summed E-state index contributed by atoms with van der Waals surface area (Å²) in [5.41, 5.74) is -0.0308. The number of aliphatic carboxylic acids is 1. The number of rotatable bonds is 6. The molecule has 6 nitrogen and oxygen atoms in total. The van der Waals surface area contributed by atoms with Crippen LogP contribution in [0.5, 0.6) is 0 Å². The molecule has 0 fully saturated rings. The quantitative estimate of drug-likeness (QED) is 0.421. The topological polar surface area (TPSA) is 107 Å². The highest BCUT2D eigenvalue weighted by atomic mass is 16.5. The van der Waals surface area contributed by atoms with Gasteiger partial charge < -0.3 is 25.2 Å². The van der Waals surface area contributed by atoms with E-state index < -0.39 is 29.7 Å². The van der Waals surface area contributed by atoms with E-state index in [0.717, 1.165) is 7.11 Å². The zero-order valence-electron chi connectivity index (χ0n) is 11.2. The number of carbonyl (C=O) groups is 1. The number of methoxy groups -OCH3 is 1. The van der Waals surface area contributed by atoms with E-state index in [1.54, 1.807) is 0 Å². The molecule has 0 heterocycles. The minimum atomic E-state index is -1.67. The Balaban J connectivity index is 4.72. The predicted octanol–water partition coefficient (Wildman–Crippen LogP) is 1.04. The SMILES string of the molecule is CO/C(C(=O)O)=C(/O)[C@@H](O)[C@H](O)CCC(C)(C)C. The Morgan fingerprint density at radius 1 is 1.22 bits per heavy atom. The van der Waals surface area contributed by atoms with Gasteiger partial charge in [-0.3, -0.25) is 0 Å². The molecule has 0 saturated carbocycles. The summed E-state index contributed by atoms with van der Waals surface area (Å²) in [6, 6.07) is 0. The lowest BCUT2D eigenvalue weighted by molar-refractivity contribution is -0.136. The first-order valence-corrected chi connectivity index (χ1v) is 5.66. The van der Waals surface area contributed by atoms with Gasteiger partial charge in [-0.2, -0.15) is 0 Å². The van der Waals surface area contributed by atoms with E-state index in [1.807, 2.05) is 20.8 Å². The molecular formula is C12H22O6. The summed E-state index contributed by atoms with van der Waals surface area (Å²) >= 11 is 0. The van der Waals surface area contributed by atoms with Gasteiger partial charge in [0.2, 0.25) is 5.76 Å². The van der Waals surface area contributed by atoms with Gasteiger partial charge in [-0.1, -0.05) is 20.8 Å². The molecular weight excluding hydrogens is 240 g/mol. The summed E-state index contributed by atoms with van der Waals surface area (Å²) in [6.45, 7) is 5.92. The summed E-state index contributed by atoms with van der Waals surface area (Å²) in [5, 5.41) is 37.5. The van der Waals surface area contributed by atoms with E-state index in [9.17, 15) is 20.1 Å². The van der Waals surface area contributed by atoms with Crippen molar-refractivity contribution in [2.45, 2.75) is 45.8 Å². The molecule has 2 atom stereocenters. The van der Waals surface area contributed by atoms with Crippen molar-refractivity contribution in [3.8, 4) is 0 Å². The largest absolute Gasteiger partial charge is 0.506 e. The molecule has 4 N–H and O–H groups in total. The monoisotopic (exact) mass is 262 g/mol. The normalized spacial score (nSPS) is 16.8. The van der Waals surface area contributed by atoms with Crippen molar-refractivity contribution >= 4 is 5.97 Å². The Kier molecular flexibility index (Phi) is 6.14.